The molecule has 2 aliphatic rings. The van der Waals surface area contributed by atoms with E-state index in [1.54, 1.807) is 36.7 Å². The van der Waals surface area contributed by atoms with Crippen LogP contribution >= 0.6 is 0 Å². The average Bonchev–Trinajstić information content (AvgIpc) is 3.03. The normalized spacial score (nSPS) is 21.1. The van der Waals surface area contributed by atoms with Crippen LogP contribution in [0, 0.1) is 11.3 Å². The lowest BCUT2D eigenvalue weighted by atomic mass is 10.1. The predicted molar refractivity (Wildman–Crippen MR) is 110 cm³/mol. The molecule has 0 saturated carbocycles. The summed E-state index contributed by atoms with van der Waals surface area (Å²) in [5.41, 5.74) is 6.40. The molecule has 2 saturated heterocycles. The maximum absolute atomic E-state index is 13.2. The molecule has 2 fully saturated rings. The quantitative estimate of drug-likeness (QED) is 0.804. The van der Waals surface area contributed by atoms with Crippen LogP contribution in [0.15, 0.2) is 53.9 Å². The SMILES string of the molecule is N#Cc1ccnc(N2C3CCC2CN(C(=O)c2cccnc2N=CC=CN)C3)c1. The first-order chi connectivity index (χ1) is 14.2. The number of nitrogens with zero attached hydrogens (tertiary/aromatic N) is 6. The first kappa shape index (κ1) is 18.6. The molecular formula is C21H21N7O. The molecule has 146 valence electrons. The first-order valence-electron chi connectivity index (χ1n) is 9.51. The zero-order valence-corrected chi connectivity index (χ0v) is 15.8. The van der Waals surface area contributed by atoms with Crippen molar-refractivity contribution >= 4 is 23.8 Å². The summed E-state index contributed by atoms with van der Waals surface area (Å²) >= 11 is 0. The maximum atomic E-state index is 13.2. The number of aliphatic imine (C=N–C) groups is 1. The number of carbonyl (C=O) groups excluding carboxylic acids is 1. The van der Waals surface area contributed by atoms with Crippen LogP contribution in [0.5, 0.6) is 0 Å². The summed E-state index contributed by atoms with van der Waals surface area (Å²) in [5.74, 6) is 1.12. The fraction of sp³-hybridized carbons (Fsp3) is 0.286. The predicted octanol–water partition coefficient (Wildman–Crippen LogP) is 2.02. The number of nitriles is 1. The molecule has 8 nitrogen and oxygen atoms in total. The van der Waals surface area contributed by atoms with E-state index in [1.165, 1.54) is 12.4 Å². The topological polar surface area (TPSA) is 112 Å². The number of anilines is 1. The highest BCUT2D eigenvalue weighted by Gasteiger charge is 2.42. The van der Waals surface area contributed by atoms with Crippen LogP contribution in [-0.4, -0.2) is 52.2 Å². The van der Waals surface area contributed by atoms with Gasteiger partial charge in [0.15, 0.2) is 5.82 Å². The molecule has 29 heavy (non-hydrogen) atoms. The van der Waals surface area contributed by atoms with Crippen molar-refractivity contribution in [1.29, 1.82) is 5.26 Å². The molecular weight excluding hydrogens is 366 g/mol. The number of likely N-dealkylation sites (tertiary alicyclic amines) is 1. The van der Waals surface area contributed by atoms with Crippen LogP contribution in [-0.2, 0) is 0 Å². The summed E-state index contributed by atoms with van der Waals surface area (Å²) in [4.78, 5) is 30.3. The largest absolute Gasteiger partial charge is 0.405 e. The second-order valence-corrected chi connectivity index (χ2v) is 7.05. The Kier molecular flexibility index (Phi) is 5.20. The minimum atomic E-state index is -0.0720. The van der Waals surface area contributed by atoms with Gasteiger partial charge in [-0.05, 0) is 49.4 Å². The third-order valence-corrected chi connectivity index (χ3v) is 5.32. The van der Waals surface area contributed by atoms with E-state index in [-0.39, 0.29) is 18.0 Å². The highest BCUT2D eigenvalue weighted by atomic mass is 16.2. The summed E-state index contributed by atoms with van der Waals surface area (Å²) in [6.45, 7) is 1.21. The average molecular weight is 387 g/mol. The van der Waals surface area contributed by atoms with Gasteiger partial charge in [-0.25, -0.2) is 15.0 Å². The molecule has 2 aliphatic heterocycles. The van der Waals surface area contributed by atoms with Gasteiger partial charge in [-0.2, -0.15) is 5.26 Å². The molecule has 4 heterocycles. The van der Waals surface area contributed by atoms with Gasteiger partial charge >= 0.3 is 0 Å². The summed E-state index contributed by atoms with van der Waals surface area (Å²) in [6.07, 6.45) is 9.75. The lowest BCUT2D eigenvalue weighted by Gasteiger charge is -2.41. The van der Waals surface area contributed by atoms with E-state index >= 15 is 0 Å². The molecule has 8 heteroatoms. The van der Waals surface area contributed by atoms with Crippen LogP contribution in [0.3, 0.4) is 0 Å². The van der Waals surface area contributed by atoms with Crippen LogP contribution < -0.4 is 10.6 Å². The number of hydrogen-bond donors (Lipinski definition) is 1. The number of pyridine rings is 2. The van der Waals surface area contributed by atoms with E-state index in [2.05, 4.69) is 25.9 Å². The Morgan fingerprint density at radius 3 is 2.76 bits per heavy atom. The van der Waals surface area contributed by atoms with Gasteiger partial charge in [0.1, 0.15) is 5.82 Å². The third kappa shape index (κ3) is 3.67. The molecule has 2 aromatic heterocycles. The molecule has 0 radical (unpaired) electrons. The molecule has 0 aromatic carbocycles. The van der Waals surface area contributed by atoms with Crippen molar-refractivity contribution in [1.82, 2.24) is 14.9 Å². The fourth-order valence-electron chi connectivity index (χ4n) is 4.07. The van der Waals surface area contributed by atoms with Crippen molar-refractivity contribution < 1.29 is 4.79 Å². The monoisotopic (exact) mass is 387 g/mol. The highest BCUT2D eigenvalue weighted by Crippen LogP contribution is 2.35. The molecule has 2 bridgehead atoms. The highest BCUT2D eigenvalue weighted by molar-refractivity contribution is 5.99. The van der Waals surface area contributed by atoms with Crippen molar-refractivity contribution in [2.75, 3.05) is 18.0 Å². The van der Waals surface area contributed by atoms with Crippen molar-refractivity contribution in [2.24, 2.45) is 10.7 Å². The first-order valence-corrected chi connectivity index (χ1v) is 9.51. The second kappa shape index (κ2) is 8.10. The Hall–Kier alpha value is -3.73. The van der Waals surface area contributed by atoms with Gasteiger partial charge in [0.25, 0.3) is 5.91 Å². The molecule has 0 aliphatic carbocycles. The van der Waals surface area contributed by atoms with Gasteiger partial charge in [-0.1, -0.05) is 0 Å². The standard InChI is InChI=1S/C21H21N7O/c22-7-2-9-26-20-18(3-1-8-25-20)21(29)27-13-16-4-5-17(14-27)28(16)19-11-15(12-23)6-10-24-19/h1-3,6-11,16-17H,4-5,13-14,22H2. The Bertz CT molecular complexity index is 996. The lowest BCUT2D eigenvalue weighted by molar-refractivity contribution is 0.0718. The van der Waals surface area contributed by atoms with Gasteiger partial charge < -0.3 is 15.5 Å². The number of hydrogen-bond acceptors (Lipinski definition) is 7. The number of fused-ring (bicyclic) bond motifs is 2. The molecule has 2 aromatic rings. The number of rotatable bonds is 4. The number of carbonyl (C=O) groups is 1. The number of amides is 1. The van der Waals surface area contributed by atoms with Gasteiger partial charge in [0, 0.05) is 43.8 Å². The fourth-order valence-corrected chi connectivity index (χ4v) is 4.07. The maximum Gasteiger partial charge on any atom is 0.257 e. The van der Waals surface area contributed by atoms with Crippen molar-refractivity contribution in [3.8, 4) is 6.07 Å². The number of piperazine rings is 1. The molecule has 2 N–H and O–H groups in total. The molecule has 1 amide bonds. The van der Waals surface area contributed by atoms with E-state index < -0.39 is 0 Å². The lowest BCUT2D eigenvalue weighted by Crippen LogP contribution is -2.55. The molecule has 0 spiro atoms. The van der Waals surface area contributed by atoms with Crippen LogP contribution in [0.1, 0.15) is 28.8 Å². The van der Waals surface area contributed by atoms with Gasteiger partial charge in [-0.3, -0.25) is 4.79 Å². The molecule has 4 rings (SSSR count). The van der Waals surface area contributed by atoms with Crippen LogP contribution in [0.2, 0.25) is 0 Å². The number of nitrogens with two attached hydrogens (primary N) is 1. The van der Waals surface area contributed by atoms with E-state index in [4.69, 9.17) is 5.73 Å². The second-order valence-electron chi connectivity index (χ2n) is 7.05. The van der Waals surface area contributed by atoms with Gasteiger partial charge in [0.05, 0.1) is 17.2 Å². The Balaban J connectivity index is 1.55. The Labute approximate surface area is 169 Å². The van der Waals surface area contributed by atoms with Crippen molar-refractivity contribution in [3.63, 3.8) is 0 Å². The molecule has 2 unspecified atom stereocenters. The van der Waals surface area contributed by atoms with Gasteiger partial charge in [0.2, 0.25) is 0 Å². The van der Waals surface area contributed by atoms with E-state index in [1.807, 2.05) is 11.0 Å². The van der Waals surface area contributed by atoms with E-state index in [0.717, 1.165) is 18.7 Å². The Morgan fingerprint density at radius 1 is 1.24 bits per heavy atom. The van der Waals surface area contributed by atoms with Crippen molar-refractivity contribution in [3.05, 3.63) is 60.1 Å². The number of aromatic nitrogens is 2. The minimum Gasteiger partial charge on any atom is -0.405 e. The van der Waals surface area contributed by atoms with Gasteiger partial charge in [-0.15, -0.1) is 0 Å². The van der Waals surface area contributed by atoms with Crippen LogP contribution in [0.4, 0.5) is 11.6 Å². The van der Waals surface area contributed by atoms with E-state index in [9.17, 15) is 10.1 Å². The van der Waals surface area contributed by atoms with Crippen LogP contribution in [0.25, 0.3) is 0 Å². The smallest absolute Gasteiger partial charge is 0.257 e. The number of allylic oxidation sites excluding steroid dienone is 1. The Morgan fingerprint density at radius 2 is 2.03 bits per heavy atom. The molecule has 2 atom stereocenters. The zero-order chi connectivity index (χ0) is 20.2. The van der Waals surface area contributed by atoms with Crippen molar-refractivity contribution in [2.45, 2.75) is 24.9 Å². The summed E-state index contributed by atoms with van der Waals surface area (Å²) in [6, 6.07) is 9.55. The summed E-state index contributed by atoms with van der Waals surface area (Å²) < 4.78 is 0. The minimum absolute atomic E-state index is 0.0720. The summed E-state index contributed by atoms with van der Waals surface area (Å²) in [5, 5.41) is 9.17. The van der Waals surface area contributed by atoms with E-state index in [0.29, 0.717) is 30.0 Å². The zero-order valence-electron chi connectivity index (χ0n) is 15.8. The summed E-state index contributed by atoms with van der Waals surface area (Å²) in [7, 11) is 0. The third-order valence-electron chi connectivity index (χ3n) is 5.32.